The van der Waals surface area contributed by atoms with Crippen molar-refractivity contribution in [2.24, 2.45) is 0 Å². The van der Waals surface area contributed by atoms with Crippen LogP contribution in [0.5, 0.6) is 0 Å². The third kappa shape index (κ3) is 5.50. The van der Waals surface area contributed by atoms with E-state index in [-0.39, 0.29) is 12.0 Å². The van der Waals surface area contributed by atoms with Gasteiger partial charge in [-0.1, -0.05) is 6.07 Å². The summed E-state index contributed by atoms with van der Waals surface area (Å²) in [5.74, 6) is 0.648. The van der Waals surface area contributed by atoms with Crippen molar-refractivity contribution in [3.63, 3.8) is 0 Å². The number of benzene rings is 1. The number of anilines is 1. The second-order valence-electron chi connectivity index (χ2n) is 6.26. The highest BCUT2D eigenvalue weighted by Crippen LogP contribution is 2.31. The van der Waals surface area contributed by atoms with E-state index in [0.29, 0.717) is 47.8 Å². The molecule has 0 fully saturated rings. The molecule has 27 heavy (non-hydrogen) atoms. The topological polar surface area (TPSA) is 53.6 Å². The summed E-state index contributed by atoms with van der Waals surface area (Å²) in [7, 11) is 0. The molecule has 1 aromatic rings. The predicted molar refractivity (Wildman–Crippen MR) is 116 cm³/mol. The molecule has 2 rings (SSSR count). The fraction of sp³-hybridized carbons (Fsp3) is 0.474. The van der Waals surface area contributed by atoms with Gasteiger partial charge in [0.25, 0.3) is 0 Å². The Morgan fingerprint density at radius 3 is 2.48 bits per heavy atom. The Kier molecular flexibility index (Phi) is 8.20. The summed E-state index contributed by atoms with van der Waals surface area (Å²) < 4.78 is 5.26. The number of rotatable bonds is 8. The van der Waals surface area contributed by atoms with Crippen molar-refractivity contribution in [1.82, 2.24) is 10.6 Å². The summed E-state index contributed by atoms with van der Waals surface area (Å²) in [4.78, 5) is 14.7. The first-order chi connectivity index (χ1) is 12.9. The lowest BCUT2D eigenvalue weighted by atomic mass is 9.94. The molecule has 1 aromatic carbocycles. The van der Waals surface area contributed by atoms with Gasteiger partial charge in [0.15, 0.2) is 5.11 Å². The van der Waals surface area contributed by atoms with Crippen LogP contribution in [0.25, 0.3) is 0 Å². The highest BCUT2D eigenvalue weighted by molar-refractivity contribution is 7.80. The average molecular weight is 430 g/mol. The number of esters is 1. The number of halogens is 2. The van der Waals surface area contributed by atoms with Crippen LogP contribution in [0.1, 0.15) is 31.0 Å². The van der Waals surface area contributed by atoms with Crippen molar-refractivity contribution in [1.29, 1.82) is 0 Å². The minimum absolute atomic E-state index is 0.311. The third-order valence-corrected chi connectivity index (χ3v) is 4.81. The standard InChI is InChI=1S/C19H25Cl2N3O2S/c1-4-26-18(25)16-13(3)22-19(27)23-17(16)14-9-12(2)10-15(11-14)24(7-5-20)8-6-21/h9-11,17H,4-8H2,1-3H3,(H2,22,23,27)/t17-/m1/s1. The normalized spacial score (nSPS) is 16.6. The quantitative estimate of drug-likeness (QED) is 0.373. The molecule has 1 aliphatic rings. The predicted octanol–water partition coefficient (Wildman–Crippen LogP) is 3.63. The average Bonchev–Trinajstić information content (AvgIpc) is 2.60. The molecule has 0 radical (unpaired) electrons. The number of hydrogen-bond donors (Lipinski definition) is 2. The van der Waals surface area contributed by atoms with E-state index < -0.39 is 0 Å². The molecule has 8 heteroatoms. The maximum atomic E-state index is 12.6. The first-order valence-electron chi connectivity index (χ1n) is 8.85. The van der Waals surface area contributed by atoms with Gasteiger partial charge in [0.2, 0.25) is 0 Å². The van der Waals surface area contributed by atoms with Crippen molar-refractivity contribution < 1.29 is 9.53 Å². The number of allylic oxidation sites excluding steroid dienone is 1. The highest BCUT2D eigenvalue weighted by Gasteiger charge is 2.31. The summed E-state index contributed by atoms with van der Waals surface area (Å²) in [5, 5.41) is 6.69. The van der Waals surface area contributed by atoms with Crippen molar-refractivity contribution in [2.45, 2.75) is 26.8 Å². The minimum atomic E-state index is -0.384. The second kappa shape index (κ2) is 10.2. The van der Waals surface area contributed by atoms with Crippen LogP contribution >= 0.6 is 35.4 Å². The number of nitrogens with one attached hydrogen (secondary N) is 2. The molecule has 1 aliphatic heterocycles. The van der Waals surface area contributed by atoms with Gasteiger partial charge in [-0.05, 0) is 56.2 Å². The zero-order valence-electron chi connectivity index (χ0n) is 15.8. The molecule has 0 saturated heterocycles. The lowest BCUT2D eigenvalue weighted by Crippen LogP contribution is -2.45. The van der Waals surface area contributed by atoms with Crippen LogP contribution in [0.4, 0.5) is 5.69 Å². The maximum absolute atomic E-state index is 12.6. The smallest absolute Gasteiger partial charge is 0.338 e. The fourth-order valence-electron chi connectivity index (χ4n) is 3.14. The van der Waals surface area contributed by atoms with Gasteiger partial charge in [-0.25, -0.2) is 4.79 Å². The fourth-order valence-corrected chi connectivity index (χ4v) is 3.82. The summed E-state index contributed by atoms with van der Waals surface area (Å²) in [6.07, 6.45) is 0. The van der Waals surface area contributed by atoms with E-state index >= 15 is 0 Å². The summed E-state index contributed by atoms with van der Waals surface area (Å²) in [6, 6.07) is 5.79. The van der Waals surface area contributed by atoms with E-state index in [2.05, 4.69) is 21.6 Å². The number of carbonyl (C=O) groups excluding carboxylic acids is 1. The van der Waals surface area contributed by atoms with Crippen molar-refractivity contribution in [3.05, 3.63) is 40.6 Å². The van der Waals surface area contributed by atoms with E-state index in [0.717, 1.165) is 16.8 Å². The SMILES string of the molecule is CCOC(=O)C1=C(C)NC(=S)N[C@@H]1c1cc(C)cc(N(CCCl)CCCl)c1. The molecule has 0 aliphatic carbocycles. The lowest BCUT2D eigenvalue weighted by molar-refractivity contribution is -0.139. The largest absolute Gasteiger partial charge is 0.463 e. The number of nitrogens with zero attached hydrogens (tertiary/aromatic N) is 1. The van der Waals surface area contributed by atoms with E-state index in [1.54, 1.807) is 6.92 Å². The van der Waals surface area contributed by atoms with Crippen LogP contribution in [-0.4, -0.2) is 42.5 Å². The zero-order valence-corrected chi connectivity index (χ0v) is 18.1. The number of ether oxygens (including phenoxy) is 1. The molecule has 5 nitrogen and oxygen atoms in total. The highest BCUT2D eigenvalue weighted by atomic mass is 35.5. The number of aryl methyl sites for hydroxylation is 1. The van der Waals surface area contributed by atoms with Gasteiger partial charge in [-0.2, -0.15) is 0 Å². The Hall–Kier alpha value is -1.50. The van der Waals surface area contributed by atoms with Gasteiger partial charge in [0.05, 0.1) is 18.2 Å². The molecule has 0 unspecified atom stereocenters. The van der Waals surface area contributed by atoms with Gasteiger partial charge in [0.1, 0.15) is 0 Å². The molecular weight excluding hydrogens is 405 g/mol. The van der Waals surface area contributed by atoms with Gasteiger partial charge in [0, 0.05) is 36.2 Å². The first kappa shape index (κ1) is 21.8. The molecule has 0 aromatic heterocycles. The van der Waals surface area contributed by atoms with Crippen LogP contribution in [0.15, 0.2) is 29.5 Å². The van der Waals surface area contributed by atoms with Crippen LogP contribution in [-0.2, 0) is 9.53 Å². The van der Waals surface area contributed by atoms with Crippen LogP contribution < -0.4 is 15.5 Å². The zero-order chi connectivity index (χ0) is 20.0. The minimum Gasteiger partial charge on any atom is -0.463 e. The van der Waals surface area contributed by atoms with Crippen LogP contribution in [0.3, 0.4) is 0 Å². The van der Waals surface area contributed by atoms with E-state index in [9.17, 15) is 4.79 Å². The van der Waals surface area contributed by atoms with Gasteiger partial charge >= 0.3 is 5.97 Å². The van der Waals surface area contributed by atoms with Gasteiger partial charge < -0.3 is 20.3 Å². The molecule has 148 valence electrons. The van der Waals surface area contributed by atoms with Crippen molar-refractivity contribution in [3.8, 4) is 0 Å². The number of hydrogen-bond acceptors (Lipinski definition) is 4. The molecule has 0 saturated carbocycles. The summed E-state index contributed by atoms with van der Waals surface area (Å²) in [6.45, 7) is 7.33. The molecule has 0 amide bonds. The molecule has 0 bridgehead atoms. The second-order valence-corrected chi connectivity index (χ2v) is 7.42. The van der Waals surface area contributed by atoms with Crippen LogP contribution in [0.2, 0.25) is 0 Å². The number of alkyl halides is 2. The Labute approximate surface area is 176 Å². The number of carbonyl (C=O) groups is 1. The molecule has 1 heterocycles. The summed E-state index contributed by atoms with van der Waals surface area (Å²) in [5.41, 5.74) is 4.25. The Balaban J connectivity index is 2.49. The molecular formula is C19H25Cl2N3O2S. The van der Waals surface area contributed by atoms with Crippen molar-refractivity contribution in [2.75, 3.05) is 36.4 Å². The van der Waals surface area contributed by atoms with E-state index in [1.165, 1.54) is 0 Å². The van der Waals surface area contributed by atoms with Gasteiger partial charge in [-0.15, -0.1) is 23.2 Å². The van der Waals surface area contributed by atoms with Crippen LogP contribution in [0, 0.1) is 6.92 Å². The molecule has 1 atom stereocenters. The number of thiocarbonyl (C=S) groups is 1. The van der Waals surface area contributed by atoms with Gasteiger partial charge in [-0.3, -0.25) is 0 Å². The van der Waals surface area contributed by atoms with Crippen molar-refractivity contribution >= 4 is 52.2 Å². The summed E-state index contributed by atoms with van der Waals surface area (Å²) >= 11 is 17.2. The lowest BCUT2D eigenvalue weighted by Gasteiger charge is -2.31. The Bertz CT molecular complexity index is 734. The maximum Gasteiger partial charge on any atom is 0.338 e. The molecule has 0 spiro atoms. The first-order valence-corrected chi connectivity index (χ1v) is 10.3. The Morgan fingerprint density at radius 2 is 1.89 bits per heavy atom. The van der Waals surface area contributed by atoms with E-state index in [1.807, 2.05) is 26.0 Å². The van der Waals surface area contributed by atoms with E-state index in [4.69, 9.17) is 40.2 Å². The monoisotopic (exact) mass is 429 g/mol. The molecule has 2 N–H and O–H groups in total. The Morgan fingerprint density at radius 1 is 1.22 bits per heavy atom. The third-order valence-electron chi connectivity index (χ3n) is 4.26.